The first-order valence-electron chi connectivity index (χ1n) is 9.25. The van der Waals surface area contributed by atoms with Gasteiger partial charge in [0.15, 0.2) is 19.7 Å². The van der Waals surface area contributed by atoms with E-state index in [1.807, 2.05) is 0 Å². The van der Waals surface area contributed by atoms with Gasteiger partial charge in [-0.3, -0.25) is 4.79 Å². The second kappa shape index (κ2) is 8.57. The summed E-state index contributed by atoms with van der Waals surface area (Å²) < 4.78 is 53.7. The largest absolute Gasteiger partial charge is 0.462 e. The molecule has 1 aliphatic rings. The third-order valence-electron chi connectivity index (χ3n) is 4.71. The van der Waals surface area contributed by atoms with Gasteiger partial charge in [-0.1, -0.05) is 6.07 Å². The summed E-state index contributed by atoms with van der Waals surface area (Å²) in [6, 6.07) is 11.6. The lowest BCUT2D eigenvalue weighted by Crippen LogP contribution is -2.23. The van der Waals surface area contributed by atoms with Crippen LogP contribution in [0.25, 0.3) is 0 Å². The van der Waals surface area contributed by atoms with Crippen LogP contribution in [0.3, 0.4) is 0 Å². The topological polar surface area (TPSA) is 124 Å². The molecule has 0 bridgehead atoms. The highest BCUT2D eigenvalue weighted by atomic mass is 32.2. The van der Waals surface area contributed by atoms with Crippen LogP contribution in [0.5, 0.6) is 0 Å². The van der Waals surface area contributed by atoms with E-state index < -0.39 is 42.6 Å². The molecule has 0 aromatic heterocycles. The summed E-state index contributed by atoms with van der Waals surface area (Å²) in [6.45, 7) is 1.95. The van der Waals surface area contributed by atoms with Gasteiger partial charge in [0, 0.05) is 11.3 Å². The molecule has 0 saturated carbocycles. The second-order valence-corrected chi connectivity index (χ2v) is 11.3. The number of sulfone groups is 2. The van der Waals surface area contributed by atoms with Crippen LogP contribution < -0.4 is 5.32 Å². The molecule has 0 aliphatic carbocycles. The summed E-state index contributed by atoms with van der Waals surface area (Å²) in [6.07, 6.45) is 0.0495. The van der Waals surface area contributed by atoms with Gasteiger partial charge in [0.1, 0.15) is 0 Å². The van der Waals surface area contributed by atoms with E-state index >= 15 is 0 Å². The van der Waals surface area contributed by atoms with Crippen LogP contribution in [0.4, 0.5) is 5.69 Å². The van der Waals surface area contributed by atoms with Gasteiger partial charge in [-0.25, -0.2) is 21.6 Å². The van der Waals surface area contributed by atoms with E-state index in [4.69, 9.17) is 4.74 Å². The van der Waals surface area contributed by atoms with E-state index in [9.17, 15) is 26.4 Å². The zero-order valence-corrected chi connectivity index (χ0v) is 17.8. The number of esters is 1. The maximum Gasteiger partial charge on any atom is 0.338 e. The first-order chi connectivity index (χ1) is 14.1. The molecule has 0 spiro atoms. The number of benzene rings is 2. The highest BCUT2D eigenvalue weighted by molar-refractivity contribution is 7.96. The number of anilines is 1. The molecule has 0 unspecified atom stereocenters. The number of hydrogen-bond donors (Lipinski definition) is 1. The Morgan fingerprint density at radius 3 is 2.40 bits per heavy atom. The Bertz CT molecular complexity index is 1170. The van der Waals surface area contributed by atoms with Gasteiger partial charge in [0.25, 0.3) is 5.91 Å². The number of rotatable bonds is 6. The molecule has 2 aromatic carbocycles. The summed E-state index contributed by atoms with van der Waals surface area (Å²) in [7, 11) is -7.23. The van der Waals surface area contributed by atoms with Crippen molar-refractivity contribution in [1.82, 2.24) is 0 Å². The van der Waals surface area contributed by atoms with Gasteiger partial charge in [-0.15, -0.1) is 0 Å². The molecular weight excluding hydrogens is 430 g/mol. The van der Waals surface area contributed by atoms with E-state index in [0.717, 1.165) is 0 Å². The number of amides is 1. The zero-order valence-electron chi connectivity index (χ0n) is 16.2. The summed E-state index contributed by atoms with van der Waals surface area (Å²) >= 11 is 0. The van der Waals surface area contributed by atoms with Crippen molar-refractivity contribution < 1.29 is 31.2 Å². The fourth-order valence-electron chi connectivity index (χ4n) is 3.12. The van der Waals surface area contributed by atoms with Gasteiger partial charge in [-0.2, -0.15) is 0 Å². The quantitative estimate of drug-likeness (QED) is 0.667. The van der Waals surface area contributed by atoms with Crippen molar-refractivity contribution >= 4 is 37.2 Å². The van der Waals surface area contributed by atoms with Crippen LogP contribution in [0.1, 0.15) is 34.1 Å². The van der Waals surface area contributed by atoms with Crippen LogP contribution in [-0.2, 0) is 24.4 Å². The lowest BCUT2D eigenvalue weighted by molar-refractivity contribution is 0.0526. The Morgan fingerprint density at radius 2 is 1.80 bits per heavy atom. The van der Waals surface area contributed by atoms with E-state index in [0.29, 0.717) is 11.3 Å². The van der Waals surface area contributed by atoms with Crippen molar-refractivity contribution in [2.24, 2.45) is 0 Å². The molecule has 1 aliphatic heterocycles. The number of nitrogens with one attached hydrogen (secondary N) is 1. The molecule has 8 nitrogen and oxygen atoms in total. The van der Waals surface area contributed by atoms with Crippen LogP contribution in [0.15, 0.2) is 53.4 Å². The van der Waals surface area contributed by atoms with Crippen LogP contribution in [0, 0.1) is 0 Å². The average Bonchev–Trinajstić information content (AvgIpc) is 3.09. The predicted molar refractivity (Wildman–Crippen MR) is 111 cm³/mol. The minimum atomic E-state index is -3.87. The molecule has 1 amide bonds. The van der Waals surface area contributed by atoms with Crippen molar-refractivity contribution in [2.45, 2.75) is 23.5 Å². The number of carbonyl (C=O) groups is 2. The Hall–Kier alpha value is -2.72. The van der Waals surface area contributed by atoms with Crippen molar-refractivity contribution in [3.05, 3.63) is 59.7 Å². The first kappa shape index (κ1) is 22.0. The van der Waals surface area contributed by atoms with Gasteiger partial charge in [-0.05, 0) is 55.8 Å². The Morgan fingerprint density at radius 1 is 1.10 bits per heavy atom. The van der Waals surface area contributed by atoms with Crippen molar-refractivity contribution in [3.8, 4) is 0 Å². The SMILES string of the molecule is CCOC(=O)c1ccc(NC(=O)c2cccc(S(=O)(=O)[C@H]3CCS(=O)(=O)C3)c2)cc1. The van der Waals surface area contributed by atoms with Crippen molar-refractivity contribution in [3.63, 3.8) is 0 Å². The number of hydrogen-bond acceptors (Lipinski definition) is 7. The van der Waals surface area contributed by atoms with Crippen LogP contribution in [-0.4, -0.2) is 52.1 Å². The van der Waals surface area contributed by atoms with Crippen LogP contribution in [0.2, 0.25) is 0 Å². The predicted octanol–water partition coefficient (Wildman–Crippen LogP) is 2.08. The average molecular weight is 452 g/mol. The fourth-order valence-corrected chi connectivity index (χ4v) is 7.52. The Kier molecular flexibility index (Phi) is 6.27. The highest BCUT2D eigenvalue weighted by Crippen LogP contribution is 2.26. The minimum Gasteiger partial charge on any atom is -0.462 e. The number of carbonyl (C=O) groups excluding carboxylic acids is 2. The van der Waals surface area contributed by atoms with Gasteiger partial charge in [0.2, 0.25) is 0 Å². The van der Waals surface area contributed by atoms with Gasteiger partial charge in [0.05, 0.1) is 33.8 Å². The van der Waals surface area contributed by atoms with Gasteiger partial charge >= 0.3 is 5.97 Å². The van der Waals surface area contributed by atoms with E-state index in [2.05, 4.69) is 5.32 Å². The van der Waals surface area contributed by atoms with Crippen molar-refractivity contribution in [2.75, 3.05) is 23.4 Å². The highest BCUT2D eigenvalue weighted by Gasteiger charge is 2.38. The fraction of sp³-hybridized carbons (Fsp3) is 0.300. The summed E-state index contributed by atoms with van der Waals surface area (Å²) in [5.41, 5.74) is 0.879. The molecule has 30 heavy (non-hydrogen) atoms. The molecule has 10 heteroatoms. The van der Waals surface area contributed by atoms with Crippen molar-refractivity contribution in [1.29, 1.82) is 0 Å². The third-order valence-corrected chi connectivity index (χ3v) is 8.88. The summed E-state index contributed by atoms with van der Waals surface area (Å²) in [5.74, 6) is -1.56. The summed E-state index contributed by atoms with van der Waals surface area (Å²) in [5, 5.41) is 1.63. The molecule has 160 valence electrons. The molecule has 1 saturated heterocycles. The molecule has 1 atom stereocenters. The minimum absolute atomic E-state index is 0.0495. The molecule has 1 N–H and O–H groups in total. The standard InChI is InChI=1S/C20H21NO7S2/c1-2-28-20(23)14-6-8-16(9-7-14)21-19(22)15-4-3-5-17(12-15)30(26,27)18-10-11-29(24,25)13-18/h3-9,12,18H,2,10-11,13H2,1H3,(H,21,22)/t18-/m0/s1. The van der Waals surface area contributed by atoms with Gasteiger partial charge < -0.3 is 10.1 Å². The Balaban J connectivity index is 1.76. The molecular formula is C20H21NO7S2. The molecule has 1 heterocycles. The van der Waals surface area contributed by atoms with E-state index in [1.165, 1.54) is 48.5 Å². The first-order valence-corrected chi connectivity index (χ1v) is 12.6. The lowest BCUT2D eigenvalue weighted by Gasteiger charge is -2.12. The molecule has 1 fully saturated rings. The van der Waals surface area contributed by atoms with Crippen LogP contribution >= 0.6 is 0 Å². The molecule has 0 radical (unpaired) electrons. The van der Waals surface area contributed by atoms with E-state index in [1.54, 1.807) is 6.92 Å². The maximum absolute atomic E-state index is 12.8. The Labute approximate surface area is 175 Å². The monoisotopic (exact) mass is 451 g/mol. The molecule has 3 rings (SSSR count). The normalized spacial score (nSPS) is 18.0. The number of ether oxygens (including phenoxy) is 1. The molecule has 2 aromatic rings. The third kappa shape index (κ3) is 4.88. The second-order valence-electron chi connectivity index (χ2n) is 6.85. The summed E-state index contributed by atoms with van der Waals surface area (Å²) in [4.78, 5) is 24.1. The van der Waals surface area contributed by atoms with E-state index in [-0.39, 0.29) is 29.2 Å². The smallest absolute Gasteiger partial charge is 0.338 e. The maximum atomic E-state index is 12.8. The lowest BCUT2D eigenvalue weighted by atomic mass is 10.2. The zero-order chi connectivity index (χ0) is 21.9.